The van der Waals surface area contributed by atoms with Crippen LogP contribution in [0.4, 0.5) is 0 Å². The number of likely N-dealkylation sites (N-methyl/N-ethyl adjacent to an activating group) is 2. The Kier molecular flexibility index (Phi) is 6.30. The van der Waals surface area contributed by atoms with Gasteiger partial charge in [-0.1, -0.05) is 0 Å². The van der Waals surface area contributed by atoms with E-state index in [0.29, 0.717) is 6.41 Å². The zero-order valence-corrected chi connectivity index (χ0v) is 9.67. The second-order valence-electron chi connectivity index (χ2n) is 3.39. The minimum Gasteiger partial charge on any atom is -0.480 e. The fraction of sp³-hybridized carbons (Fsp3) is 0.556. The van der Waals surface area contributed by atoms with E-state index in [9.17, 15) is 19.2 Å². The van der Waals surface area contributed by atoms with Gasteiger partial charge >= 0.3 is 5.97 Å². The summed E-state index contributed by atoms with van der Waals surface area (Å²) >= 11 is 0. The van der Waals surface area contributed by atoms with Crippen LogP contribution in [0, 0.1) is 0 Å². The van der Waals surface area contributed by atoms with Gasteiger partial charge in [-0.15, -0.1) is 0 Å². The van der Waals surface area contributed by atoms with Gasteiger partial charge < -0.3 is 20.2 Å². The molecule has 8 nitrogen and oxygen atoms in total. The van der Waals surface area contributed by atoms with Gasteiger partial charge in [-0.05, 0) is 0 Å². The molecule has 0 unspecified atom stereocenters. The Hall–Kier alpha value is -2.12. The average molecular weight is 245 g/mol. The first-order valence-electron chi connectivity index (χ1n) is 4.75. The highest BCUT2D eigenvalue weighted by Gasteiger charge is 2.17. The minimum atomic E-state index is -1.13. The molecule has 0 spiro atoms. The lowest BCUT2D eigenvalue weighted by atomic mass is 10.4. The summed E-state index contributed by atoms with van der Waals surface area (Å²) < 4.78 is 0. The van der Waals surface area contributed by atoms with Crippen molar-refractivity contribution in [1.82, 2.24) is 15.1 Å². The zero-order valence-electron chi connectivity index (χ0n) is 9.67. The molecule has 0 bridgehead atoms. The van der Waals surface area contributed by atoms with Crippen molar-refractivity contribution in [3.63, 3.8) is 0 Å². The van der Waals surface area contributed by atoms with Crippen molar-refractivity contribution in [2.75, 3.05) is 33.7 Å². The molecule has 0 radical (unpaired) electrons. The highest BCUT2D eigenvalue weighted by atomic mass is 16.4. The summed E-state index contributed by atoms with van der Waals surface area (Å²) in [5.74, 6) is -2.05. The number of carbonyl (C=O) groups is 4. The van der Waals surface area contributed by atoms with Crippen LogP contribution in [0.5, 0.6) is 0 Å². The maximum absolute atomic E-state index is 11.4. The van der Waals surface area contributed by atoms with Gasteiger partial charge in [0.1, 0.15) is 6.54 Å². The van der Waals surface area contributed by atoms with Crippen LogP contribution in [0.25, 0.3) is 0 Å². The van der Waals surface area contributed by atoms with Gasteiger partial charge in [0.05, 0.1) is 13.1 Å². The van der Waals surface area contributed by atoms with Crippen molar-refractivity contribution in [1.29, 1.82) is 0 Å². The average Bonchev–Trinajstić information content (AvgIpc) is 2.24. The van der Waals surface area contributed by atoms with Crippen LogP contribution < -0.4 is 5.32 Å². The van der Waals surface area contributed by atoms with Crippen LogP contribution in [0.2, 0.25) is 0 Å². The number of aliphatic carboxylic acids is 1. The summed E-state index contributed by atoms with van der Waals surface area (Å²) in [7, 11) is 2.72. The largest absolute Gasteiger partial charge is 0.480 e. The summed E-state index contributed by atoms with van der Waals surface area (Å²) in [6, 6.07) is 0. The van der Waals surface area contributed by atoms with E-state index in [2.05, 4.69) is 5.32 Å². The third-order valence-corrected chi connectivity index (χ3v) is 1.93. The summed E-state index contributed by atoms with van der Waals surface area (Å²) in [4.78, 5) is 45.2. The maximum Gasteiger partial charge on any atom is 0.323 e. The van der Waals surface area contributed by atoms with Crippen molar-refractivity contribution in [3.8, 4) is 0 Å². The highest BCUT2D eigenvalue weighted by molar-refractivity contribution is 5.87. The van der Waals surface area contributed by atoms with E-state index >= 15 is 0 Å². The van der Waals surface area contributed by atoms with Crippen LogP contribution in [0.3, 0.4) is 0 Å². The number of carboxylic acid groups (broad SMARTS) is 1. The molecule has 8 heteroatoms. The molecule has 0 rings (SSSR count). The van der Waals surface area contributed by atoms with Gasteiger partial charge in [-0.3, -0.25) is 19.2 Å². The van der Waals surface area contributed by atoms with E-state index in [1.165, 1.54) is 14.1 Å². The summed E-state index contributed by atoms with van der Waals surface area (Å²) in [5, 5.41) is 10.6. The smallest absolute Gasteiger partial charge is 0.323 e. The van der Waals surface area contributed by atoms with Crippen LogP contribution in [0.15, 0.2) is 0 Å². The Morgan fingerprint density at radius 1 is 1.12 bits per heavy atom. The number of carbonyl (C=O) groups excluding carboxylic acids is 3. The van der Waals surface area contributed by atoms with E-state index < -0.39 is 24.3 Å². The van der Waals surface area contributed by atoms with E-state index in [0.717, 1.165) is 9.80 Å². The molecule has 0 aliphatic rings. The van der Waals surface area contributed by atoms with Gasteiger partial charge in [0.15, 0.2) is 0 Å². The maximum atomic E-state index is 11.4. The second kappa shape index (κ2) is 7.20. The Morgan fingerprint density at radius 2 is 1.65 bits per heavy atom. The molecule has 0 aromatic rings. The second-order valence-corrected chi connectivity index (χ2v) is 3.39. The molecule has 0 aliphatic heterocycles. The monoisotopic (exact) mass is 245 g/mol. The quantitative estimate of drug-likeness (QED) is 0.492. The van der Waals surface area contributed by atoms with Crippen LogP contribution in [-0.2, 0) is 19.2 Å². The van der Waals surface area contributed by atoms with Crippen LogP contribution >= 0.6 is 0 Å². The molecule has 0 atom stereocenters. The molecule has 0 fully saturated rings. The molecule has 0 aromatic carbocycles. The number of nitrogens with zero attached hydrogens (tertiary/aromatic N) is 2. The van der Waals surface area contributed by atoms with E-state index in [1.54, 1.807) is 0 Å². The molecule has 0 heterocycles. The molecular formula is C9H15N3O5. The lowest BCUT2D eigenvalue weighted by Gasteiger charge is -2.20. The topological polar surface area (TPSA) is 107 Å². The predicted molar refractivity (Wildman–Crippen MR) is 57.0 cm³/mol. The molecule has 0 saturated heterocycles. The number of hydrogen-bond donors (Lipinski definition) is 2. The van der Waals surface area contributed by atoms with Crippen LogP contribution in [-0.4, -0.2) is 72.8 Å². The third-order valence-electron chi connectivity index (χ3n) is 1.93. The van der Waals surface area contributed by atoms with E-state index in [-0.39, 0.29) is 13.1 Å². The first kappa shape index (κ1) is 14.9. The van der Waals surface area contributed by atoms with Gasteiger partial charge in [0, 0.05) is 14.1 Å². The van der Waals surface area contributed by atoms with Crippen molar-refractivity contribution >= 4 is 24.2 Å². The lowest BCUT2D eigenvalue weighted by molar-refractivity contribution is -0.145. The van der Waals surface area contributed by atoms with Crippen molar-refractivity contribution in [2.45, 2.75) is 0 Å². The number of rotatable bonds is 7. The lowest BCUT2D eigenvalue weighted by Crippen LogP contribution is -2.43. The normalized spacial score (nSPS) is 9.29. The minimum absolute atomic E-state index is 0.198. The predicted octanol–water partition coefficient (Wildman–Crippen LogP) is -2.27. The Labute approximate surface area is 98.2 Å². The summed E-state index contributed by atoms with van der Waals surface area (Å²) in [6.07, 6.45) is 0.379. The molecular weight excluding hydrogens is 230 g/mol. The third kappa shape index (κ3) is 6.13. The first-order chi connectivity index (χ1) is 7.88. The molecule has 96 valence electrons. The SMILES string of the molecule is CN(CC(=O)O)C(=O)CN(C)C(=O)CNC=O. The number of nitrogens with one attached hydrogen (secondary N) is 1. The van der Waals surface area contributed by atoms with Gasteiger partial charge in [0.2, 0.25) is 18.2 Å². The van der Waals surface area contributed by atoms with E-state index in [4.69, 9.17) is 5.11 Å². The first-order valence-corrected chi connectivity index (χ1v) is 4.75. The summed E-state index contributed by atoms with van der Waals surface area (Å²) in [6.45, 7) is -0.855. The Balaban J connectivity index is 4.14. The number of hydrogen-bond acceptors (Lipinski definition) is 4. The zero-order chi connectivity index (χ0) is 13.4. The summed E-state index contributed by atoms with van der Waals surface area (Å²) in [5.41, 5.74) is 0. The molecule has 0 saturated carbocycles. The van der Waals surface area contributed by atoms with Gasteiger partial charge in [0.25, 0.3) is 0 Å². The highest BCUT2D eigenvalue weighted by Crippen LogP contribution is 1.90. The standard InChI is InChI=1S/C9H15N3O5/c1-11(7(14)3-10-6-13)4-8(15)12(2)5-9(16)17/h6H,3-5H2,1-2H3,(H,10,13)(H,16,17). The number of amides is 3. The molecule has 2 N–H and O–H groups in total. The number of carboxylic acids is 1. The Morgan fingerprint density at radius 3 is 2.12 bits per heavy atom. The van der Waals surface area contributed by atoms with Gasteiger partial charge in [-0.25, -0.2) is 0 Å². The molecule has 0 aromatic heterocycles. The van der Waals surface area contributed by atoms with Crippen LogP contribution in [0.1, 0.15) is 0 Å². The van der Waals surface area contributed by atoms with Crippen molar-refractivity contribution in [3.05, 3.63) is 0 Å². The fourth-order valence-electron chi connectivity index (χ4n) is 0.967. The molecule has 3 amide bonds. The Bertz CT molecular complexity index is 318. The fourth-order valence-corrected chi connectivity index (χ4v) is 0.967. The van der Waals surface area contributed by atoms with Crippen molar-refractivity contribution < 1.29 is 24.3 Å². The van der Waals surface area contributed by atoms with Gasteiger partial charge in [-0.2, -0.15) is 0 Å². The van der Waals surface area contributed by atoms with E-state index in [1.807, 2.05) is 0 Å². The molecule has 17 heavy (non-hydrogen) atoms. The van der Waals surface area contributed by atoms with Crippen molar-refractivity contribution in [2.24, 2.45) is 0 Å². The molecule has 0 aliphatic carbocycles.